The Morgan fingerprint density at radius 1 is 1.58 bits per heavy atom. The van der Waals surface area contributed by atoms with Gasteiger partial charge in [-0.15, -0.1) is 11.3 Å². The zero-order valence-corrected chi connectivity index (χ0v) is 7.47. The van der Waals surface area contributed by atoms with Crippen molar-refractivity contribution in [2.45, 2.75) is 13.3 Å². The van der Waals surface area contributed by atoms with Crippen LogP contribution in [-0.4, -0.2) is 10.1 Å². The van der Waals surface area contributed by atoms with E-state index in [9.17, 15) is 0 Å². The van der Waals surface area contributed by atoms with E-state index in [0.717, 1.165) is 17.1 Å². The summed E-state index contributed by atoms with van der Waals surface area (Å²) in [7, 11) is 0. The first-order valence-corrected chi connectivity index (χ1v) is 4.57. The van der Waals surface area contributed by atoms with Crippen molar-refractivity contribution >= 4 is 11.3 Å². The molecular formula is C8H8N2OS. The molecule has 0 radical (unpaired) electrons. The molecule has 0 N–H and O–H groups in total. The van der Waals surface area contributed by atoms with Crippen molar-refractivity contribution in [3.63, 3.8) is 0 Å². The number of aryl methyl sites for hydroxylation is 1. The molecule has 2 rings (SSSR count). The maximum atomic E-state index is 4.73. The Hall–Kier alpha value is -1.16. The summed E-state index contributed by atoms with van der Waals surface area (Å²) in [5.41, 5.74) is 0.819. The number of rotatable bonds is 2. The average Bonchev–Trinajstić information content (AvgIpc) is 2.75. The fourth-order valence-corrected chi connectivity index (χ4v) is 1.73. The van der Waals surface area contributed by atoms with Crippen molar-refractivity contribution < 1.29 is 4.52 Å². The molecule has 0 bridgehead atoms. The van der Waals surface area contributed by atoms with Gasteiger partial charge in [0.15, 0.2) is 0 Å². The molecular weight excluding hydrogens is 172 g/mol. The van der Waals surface area contributed by atoms with Gasteiger partial charge in [-0.2, -0.15) is 0 Å². The van der Waals surface area contributed by atoms with Crippen LogP contribution in [0.2, 0.25) is 0 Å². The lowest BCUT2D eigenvalue weighted by atomic mass is 10.4. The fourth-order valence-electron chi connectivity index (χ4n) is 0.912. The van der Waals surface area contributed by atoms with Crippen molar-refractivity contribution in [1.82, 2.24) is 10.1 Å². The molecule has 0 fully saturated rings. The molecule has 12 heavy (non-hydrogen) atoms. The summed E-state index contributed by atoms with van der Waals surface area (Å²) in [6.45, 7) is 2.11. The minimum atomic E-state index is 0.819. The van der Waals surface area contributed by atoms with Gasteiger partial charge < -0.3 is 4.52 Å². The van der Waals surface area contributed by atoms with Crippen LogP contribution >= 0.6 is 11.3 Å². The van der Waals surface area contributed by atoms with Crippen molar-refractivity contribution in [1.29, 1.82) is 0 Å². The summed E-state index contributed by atoms with van der Waals surface area (Å²) >= 11 is 1.66. The van der Waals surface area contributed by atoms with Crippen molar-refractivity contribution in [3.8, 4) is 10.7 Å². The summed E-state index contributed by atoms with van der Waals surface area (Å²) in [4.78, 5) is 5.50. The molecule has 0 atom stereocenters. The van der Waals surface area contributed by atoms with E-state index in [2.05, 4.69) is 17.1 Å². The maximum Gasteiger partial charge on any atom is 0.145 e. The van der Waals surface area contributed by atoms with Gasteiger partial charge in [-0.25, -0.2) is 4.98 Å². The number of hydrogen-bond donors (Lipinski definition) is 0. The Balaban J connectivity index is 2.35. The molecule has 0 spiro atoms. The molecule has 0 saturated heterocycles. The van der Waals surface area contributed by atoms with E-state index in [1.807, 2.05) is 12.3 Å². The van der Waals surface area contributed by atoms with Gasteiger partial charge in [-0.3, -0.25) is 0 Å². The molecule has 0 aliphatic carbocycles. The van der Waals surface area contributed by atoms with E-state index < -0.39 is 0 Å². The van der Waals surface area contributed by atoms with E-state index in [1.165, 1.54) is 4.88 Å². The van der Waals surface area contributed by atoms with Crippen molar-refractivity contribution in [2.75, 3.05) is 0 Å². The van der Waals surface area contributed by atoms with Gasteiger partial charge >= 0.3 is 0 Å². The van der Waals surface area contributed by atoms with Crippen LogP contribution in [0.3, 0.4) is 0 Å². The molecule has 62 valence electrons. The molecule has 0 aliphatic heterocycles. The Morgan fingerprint density at radius 3 is 3.08 bits per heavy atom. The maximum absolute atomic E-state index is 4.73. The third kappa shape index (κ3) is 1.25. The largest absolute Gasteiger partial charge is 0.364 e. The van der Waals surface area contributed by atoms with E-state index >= 15 is 0 Å². The highest BCUT2D eigenvalue weighted by Crippen LogP contribution is 2.23. The topological polar surface area (TPSA) is 38.9 Å². The molecule has 0 aromatic carbocycles. The van der Waals surface area contributed by atoms with Gasteiger partial charge in [0.1, 0.15) is 17.0 Å². The Morgan fingerprint density at radius 2 is 2.50 bits per heavy atom. The predicted octanol–water partition coefficient (Wildman–Crippen LogP) is 2.36. The minimum absolute atomic E-state index is 0.819. The molecule has 0 aliphatic rings. The number of aromatic nitrogens is 2. The van der Waals surface area contributed by atoms with Crippen LogP contribution in [0.25, 0.3) is 10.7 Å². The molecule has 0 saturated carbocycles. The Labute approximate surface area is 74.0 Å². The van der Waals surface area contributed by atoms with Crippen LogP contribution in [0.4, 0.5) is 0 Å². The van der Waals surface area contributed by atoms with Crippen LogP contribution in [0.15, 0.2) is 23.0 Å². The first-order valence-electron chi connectivity index (χ1n) is 3.75. The van der Waals surface area contributed by atoms with Crippen LogP contribution in [-0.2, 0) is 6.42 Å². The third-order valence-corrected chi connectivity index (χ3v) is 2.72. The molecule has 2 aromatic heterocycles. The highest BCUT2D eigenvalue weighted by atomic mass is 32.1. The first-order chi connectivity index (χ1) is 5.90. The van der Waals surface area contributed by atoms with Crippen LogP contribution in [0, 0.1) is 0 Å². The predicted molar refractivity (Wildman–Crippen MR) is 47.0 cm³/mol. The van der Waals surface area contributed by atoms with Gasteiger partial charge in [0.2, 0.25) is 0 Å². The van der Waals surface area contributed by atoms with Crippen LogP contribution < -0.4 is 0 Å². The standard InChI is InChI=1S/C8H8N2OS/c1-2-6-5-9-8(12-6)7-3-4-11-10-7/h3-5H,2H2,1H3. The average molecular weight is 180 g/mol. The number of nitrogens with zero attached hydrogens (tertiary/aromatic N) is 2. The Kier molecular flexibility index (Phi) is 1.91. The molecule has 0 unspecified atom stereocenters. The summed E-state index contributed by atoms with van der Waals surface area (Å²) in [6, 6.07) is 1.82. The highest BCUT2D eigenvalue weighted by molar-refractivity contribution is 7.14. The minimum Gasteiger partial charge on any atom is -0.364 e. The zero-order valence-electron chi connectivity index (χ0n) is 6.65. The van der Waals surface area contributed by atoms with Gasteiger partial charge in [0.05, 0.1) is 0 Å². The lowest BCUT2D eigenvalue weighted by Crippen LogP contribution is -1.70. The second kappa shape index (κ2) is 3.06. The summed E-state index contributed by atoms with van der Waals surface area (Å²) in [6.07, 6.45) is 4.46. The Bertz CT molecular complexity index is 353. The quantitative estimate of drug-likeness (QED) is 0.712. The van der Waals surface area contributed by atoms with E-state index in [1.54, 1.807) is 17.6 Å². The first kappa shape index (κ1) is 7.49. The van der Waals surface area contributed by atoms with Gasteiger partial charge in [-0.05, 0) is 6.42 Å². The summed E-state index contributed by atoms with van der Waals surface area (Å²) in [5.74, 6) is 0. The monoisotopic (exact) mass is 180 g/mol. The molecule has 0 amide bonds. The fraction of sp³-hybridized carbons (Fsp3) is 0.250. The normalized spacial score (nSPS) is 10.4. The highest BCUT2D eigenvalue weighted by Gasteiger charge is 2.05. The lowest BCUT2D eigenvalue weighted by Gasteiger charge is -1.83. The SMILES string of the molecule is CCc1cnc(-c2ccon2)s1. The second-order valence-corrected chi connectivity index (χ2v) is 3.49. The number of hydrogen-bond acceptors (Lipinski definition) is 4. The van der Waals surface area contributed by atoms with Crippen molar-refractivity contribution in [2.24, 2.45) is 0 Å². The molecule has 4 heteroatoms. The molecule has 2 aromatic rings. The second-order valence-electron chi connectivity index (χ2n) is 2.37. The summed E-state index contributed by atoms with van der Waals surface area (Å²) < 4.78 is 4.73. The van der Waals surface area contributed by atoms with Gasteiger partial charge in [0.25, 0.3) is 0 Å². The lowest BCUT2D eigenvalue weighted by molar-refractivity contribution is 0.422. The van der Waals surface area contributed by atoms with Gasteiger partial charge in [-0.1, -0.05) is 12.1 Å². The van der Waals surface area contributed by atoms with Crippen LogP contribution in [0.1, 0.15) is 11.8 Å². The third-order valence-electron chi connectivity index (χ3n) is 1.56. The van der Waals surface area contributed by atoms with E-state index in [0.29, 0.717) is 0 Å². The molecule has 3 nitrogen and oxygen atoms in total. The van der Waals surface area contributed by atoms with Gasteiger partial charge in [0, 0.05) is 17.1 Å². The molecule has 2 heterocycles. The van der Waals surface area contributed by atoms with E-state index in [-0.39, 0.29) is 0 Å². The number of thiazole rings is 1. The van der Waals surface area contributed by atoms with Crippen molar-refractivity contribution in [3.05, 3.63) is 23.4 Å². The smallest absolute Gasteiger partial charge is 0.145 e. The van der Waals surface area contributed by atoms with E-state index in [4.69, 9.17) is 4.52 Å². The zero-order chi connectivity index (χ0) is 8.39. The van der Waals surface area contributed by atoms with Crippen LogP contribution in [0.5, 0.6) is 0 Å². The summed E-state index contributed by atoms with van der Waals surface area (Å²) in [5, 5.41) is 4.74.